The van der Waals surface area contributed by atoms with Gasteiger partial charge in [0.1, 0.15) is 5.56 Å². The molecule has 3 heterocycles. The van der Waals surface area contributed by atoms with Crippen LogP contribution < -0.4 is 16.2 Å². The minimum Gasteiger partial charge on any atom is -0.494 e. The number of hydrogen-bond acceptors (Lipinski definition) is 6. The van der Waals surface area contributed by atoms with E-state index < -0.39 is 23.3 Å². The number of aliphatic imine (C=N–C) groups is 1. The molecule has 1 aliphatic heterocycles. The number of fused-ring (bicyclic) bond motifs is 1. The van der Waals surface area contributed by atoms with E-state index in [1.54, 1.807) is 12.4 Å². The van der Waals surface area contributed by atoms with Crippen molar-refractivity contribution in [1.29, 1.82) is 0 Å². The van der Waals surface area contributed by atoms with Crippen molar-refractivity contribution in [3.05, 3.63) is 40.0 Å². The van der Waals surface area contributed by atoms with Crippen molar-refractivity contribution in [3.63, 3.8) is 0 Å². The topological polar surface area (TPSA) is 130 Å². The lowest BCUT2D eigenvalue weighted by molar-refractivity contribution is 0.0937. The fourth-order valence-corrected chi connectivity index (χ4v) is 3.69. The molecular formula is C22H28N6O4. The van der Waals surface area contributed by atoms with Gasteiger partial charge in [-0.2, -0.15) is 9.61 Å². The van der Waals surface area contributed by atoms with Crippen molar-refractivity contribution in [2.75, 3.05) is 6.54 Å². The number of carbonyl (C=O) groups is 2. The zero-order valence-electron chi connectivity index (χ0n) is 18.5. The van der Waals surface area contributed by atoms with Crippen molar-refractivity contribution in [3.8, 4) is 5.88 Å². The predicted molar refractivity (Wildman–Crippen MR) is 119 cm³/mol. The highest BCUT2D eigenvalue weighted by atomic mass is 16.3. The van der Waals surface area contributed by atoms with Crippen LogP contribution in [0.25, 0.3) is 5.65 Å². The molecule has 1 atom stereocenters. The monoisotopic (exact) mass is 440 g/mol. The summed E-state index contributed by atoms with van der Waals surface area (Å²) < 4.78 is 2.44. The van der Waals surface area contributed by atoms with Crippen LogP contribution in [0.5, 0.6) is 5.88 Å². The first kappa shape index (κ1) is 21.8. The molecule has 1 fully saturated rings. The van der Waals surface area contributed by atoms with Gasteiger partial charge in [-0.3, -0.25) is 23.9 Å². The van der Waals surface area contributed by atoms with Crippen LogP contribution in [0.3, 0.4) is 0 Å². The molecule has 0 spiro atoms. The van der Waals surface area contributed by atoms with Gasteiger partial charge >= 0.3 is 0 Å². The Labute approximate surface area is 185 Å². The predicted octanol–water partition coefficient (Wildman–Crippen LogP) is 1.47. The number of hydrogen-bond donors (Lipinski definition) is 3. The van der Waals surface area contributed by atoms with Gasteiger partial charge in [0.15, 0.2) is 11.2 Å². The number of aromatic nitrogens is 3. The Hall–Kier alpha value is -3.43. The van der Waals surface area contributed by atoms with Gasteiger partial charge in [-0.25, -0.2) is 0 Å². The highest BCUT2D eigenvalue weighted by Gasteiger charge is 2.31. The van der Waals surface area contributed by atoms with Crippen molar-refractivity contribution in [2.45, 2.75) is 52.6 Å². The Morgan fingerprint density at radius 1 is 1.31 bits per heavy atom. The molecule has 10 heteroatoms. The number of aromatic hydroxyl groups is 1. The fraction of sp³-hybridized carbons (Fsp3) is 0.500. The fourth-order valence-electron chi connectivity index (χ4n) is 3.69. The minimum atomic E-state index is -0.756. The Kier molecular flexibility index (Phi) is 5.62. The van der Waals surface area contributed by atoms with E-state index in [0.29, 0.717) is 19.5 Å². The highest BCUT2D eigenvalue weighted by Crippen LogP contribution is 2.26. The largest absolute Gasteiger partial charge is 0.494 e. The number of nitrogens with zero attached hydrogens (tertiary/aromatic N) is 4. The molecule has 2 aromatic rings. The number of amides is 2. The molecule has 1 aliphatic carbocycles. The summed E-state index contributed by atoms with van der Waals surface area (Å²) in [4.78, 5) is 42.8. The van der Waals surface area contributed by atoms with E-state index in [1.807, 2.05) is 26.8 Å². The standard InChI is InChI=1S/C22H28N6O4/c1-13(2)11-27-19-15(17(29)24-12-22(3)6-8-23-9-7-22)10-25-28(19)21(32)16(20(27)31)18(30)26-14-4-5-14/h6,8-10,13-14,31H,4-5,7,11-12H2,1-3H3,(H,24,29)(H,26,30). The van der Waals surface area contributed by atoms with Crippen LogP contribution >= 0.6 is 0 Å². The van der Waals surface area contributed by atoms with E-state index in [4.69, 9.17) is 0 Å². The third-order valence-electron chi connectivity index (χ3n) is 5.70. The van der Waals surface area contributed by atoms with Crippen LogP contribution in [0.4, 0.5) is 0 Å². The second kappa shape index (κ2) is 8.25. The summed E-state index contributed by atoms with van der Waals surface area (Å²) >= 11 is 0. The number of rotatable bonds is 7. The van der Waals surface area contributed by atoms with E-state index >= 15 is 0 Å². The van der Waals surface area contributed by atoms with Crippen LogP contribution in [0.1, 0.15) is 60.7 Å². The number of nitrogens with one attached hydrogen (secondary N) is 2. The van der Waals surface area contributed by atoms with E-state index in [1.165, 1.54) is 10.8 Å². The number of carbonyl (C=O) groups excluding carboxylic acids is 2. The lowest BCUT2D eigenvalue weighted by Gasteiger charge is -2.26. The van der Waals surface area contributed by atoms with Gasteiger partial charge < -0.3 is 15.7 Å². The van der Waals surface area contributed by atoms with Gasteiger partial charge in [0, 0.05) is 37.0 Å². The summed E-state index contributed by atoms with van der Waals surface area (Å²) in [6.07, 6.45) is 9.13. The molecule has 3 N–H and O–H groups in total. The first-order chi connectivity index (χ1) is 15.2. The summed E-state index contributed by atoms with van der Waals surface area (Å²) in [5.41, 5.74) is -1.07. The van der Waals surface area contributed by atoms with Crippen LogP contribution in [-0.2, 0) is 6.54 Å². The maximum atomic E-state index is 13.0. The highest BCUT2D eigenvalue weighted by molar-refractivity contribution is 6.01. The second-order valence-corrected chi connectivity index (χ2v) is 9.24. The Balaban J connectivity index is 1.73. The van der Waals surface area contributed by atoms with Crippen molar-refractivity contribution >= 4 is 23.7 Å². The lowest BCUT2D eigenvalue weighted by Crippen LogP contribution is -2.36. The molecule has 2 aromatic heterocycles. The maximum Gasteiger partial charge on any atom is 0.291 e. The van der Waals surface area contributed by atoms with Crippen LogP contribution in [-0.4, -0.2) is 49.9 Å². The smallest absolute Gasteiger partial charge is 0.291 e. The maximum absolute atomic E-state index is 13.0. The molecule has 0 aromatic carbocycles. The van der Waals surface area contributed by atoms with Gasteiger partial charge in [-0.15, -0.1) is 0 Å². The first-order valence-corrected chi connectivity index (χ1v) is 10.8. The molecule has 1 unspecified atom stereocenters. The van der Waals surface area contributed by atoms with Gasteiger partial charge in [0.2, 0.25) is 5.88 Å². The minimum absolute atomic E-state index is 0.0229. The Morgan fingerprint density at radius 3 is 2.69 bits per heavy atom. The summed E-state index contributed by atoms with van der Waals surface area (Å²) in [6.45, 7) is 6.55. The van der Waals surface area contributed by atoms with Gasteiger partial charge in [0.05, 0.1) is 6.20 Å². The first-order valence-electron chi connectivity index (χ1n) is 10.8. The molecule has 1 saturated carbocycles. The Bertz CT molecular complexity index is 1190. The average Bonchev–Trinajstić information content (AvgIpc) is 3.43. The van der Waals surface area contributed by atoms with Gasteiger partial charge in [-0.05, 0) is 25.2 Å². The van der Waals surface area contributed by atoms with Gasteiger partial charge in [0.25, 0.3) is 17.4 Å². The summed E-state index contributed by atoms with van der Waals surface area (Å²) in [6, 6.07) is 0.0229. The van der Waals surface area contributed by atoms with Crippen LogP contribution in [0.2, 0.25) is 0 Å². The third kappa shape index (κ3) is 4.17. The second-order valence-electron chi connectivity index (χ2n) is 9.24. The SMILES string of the molecule is CC(C)Cn1c(O)c(C(=O)NC2CC2)c(=O)n2ncc(C(=O)NCC3(C)C=CN=CC3)c12. The zero-order valence-corrected chi connectivity index (χ0v) is 18.5. The van der Waals surface area contributed by atoms with Crippen molar-refractivity contribution < 1.29 is 14.7 Å². The van der Waals surface area contributed by atoms with Crippen LogP contribution in [0, 0.1) is 11.3 Å². The molecule has 10 nitrogen and oxygen atoms in total. The summed E-state index contributed by atoms with van der Waals surface area (Å²) in [5.74, 6) is -1.43. The molecule has 2 amide bonds. The Morgan fingerprint density at radius 2 is 2.06 bits per heavy atom. The van der Waals surface area contributed by atoms with Gasteiger partial charge in [-0.1, -0.05) is 26.8 Å². The molecule has 2 aliphatic rings. The molecule has 4 rings (SSSR count). The summed E-state index contributed by atoms with van der Waals surface area (Å²) in [5, 5.41) is 20.7. The third-order valence-corrected chi connectivity index (χ3v) is 5.70. The molecular weight excluding hydrogens is 412 g/mol. The molecule has 0 saturated heterocycles. The van der Waals surface area contributed by atoms with Crippen LogP contribution in [0.15, 0.2) is 28.3 Å². The molecule has 0 radical (unpaired) electrons. The molecule has 170 valence electrons. The molecule has 32 heavy (non-hydrogen) atoms. The van der Waals surface area contributed by atoms with E-state index in [-0.39, 0.29) is 34.1 Å². The van der Waals surface area contributed by atoms with E-state index in [2.05, 4.69) is 20.7 Å². The molecule has 0 bridgehead atoms. The normalized spacial score (nSPS) is 20.1. The zero-order chi connectivity index (χ0) is 23.0. The summed E-state index contributed by atoms with van der Waals surface area (Å²) in [7, 11) is 0. The van der Waals surface area contributed by atoms with E-state index in [0.717, 1.165) is 17.4 Å². The average molecular weight is 441 g/mol. The lowest BCUT2D eigenvalue weighted by atomic mass is 9.86. The quantitative estimate of drug-likeness (QED) is 0.600. The van der Waals surface area contributed by atoms with Crippen molar-refractivity contribution in [2.24, 2.45) is 16.3 Å². The van der Waals surface area contributed by atoms with E-state index in [9.17, 15) is 19.5 Å². The van der Waals surface area contributed by atoms with Crippen molar-refractivity contribution in [1.82, 2.24) is 24.8 Å².